The topological polar surface area (TPSA) is 86.8 Å². The van der Waals surface area contributed by atoms with Crippen LogP contribution in [0.5, 0.6) is 0 Å². The summed E-state index contributed by atoms with van der Waals surface area (Å²) in [6.45, 7) is 8.46. The predicted octanol–water partition coefficient (Wildman–Crippen LogP) is 6.40. The number of rotatable bonds is 10. The minimum Gasteiger partial charge on any atom is -0.352 e. The zero-order chi connectivity index (χ0) is 29.8. The van der Waals surface area contributed by atoms with Gasteiger partial charge in [0.25, 0.3) is 10.0 Å². The molecule has 0 fully saturated rings. The second kappa shape index (κ2) is 13.3. The fourth-order valence-electron chi connectivity index (χ4n) is 3.97. The van der Waals surface area contributed by atoms with Crippen molar-refractivity contribution in [3.05, 3.63) is 92.4 Å². The molecule has 0 bridgehead atoms. The molecule has 3 rings (SSSR count). The third-order valence-electron chi connectivity index (χ3n) is 6.39. The molecule has 0 saturated heterocycles. The lowest BCUT2D eigenvalue weighted by Gasteiger charge is -2.32. The number of carbonyl (C=O) groups excluding carboxylic acids is 2. The van der Waals surface area contributed by atoms with Crippen molar-refractivity contribution in [2.75, 3.05) is 10.8 Å². The molecule has 0 spiro atoms. The molecule has 0 aromatic heterocycles. The maximum Gasteiger partial charge on any atom is 0.264 e. The highest BCUT2D eigenvalue weighted by atomic mass is 35.5. The molecule has 1 atom stereocenters. The normalized spacial score (nSPS) is 12.2. The molecule has 40 heavy (non-hydrogen) atoms. The summed E-state index contributed by atoms with van der Waals surface area (Å²) < 4.78 is 28.8. The van der Waals surface area contributed by atoms with E-state index in [0.29, 0.717) is 26.3 Å². The van der Waals surface area contributed by atoms with E-state index >= 15 is 0 Å². The Morgan fingerprint density at radius 2 is 1.50 bits per heavy atom. The summed E-state index contributed by atoms with van der Waals surface area (Å²) in [7, 11) is -4.19. The van der Waals surface area contributed by atoms with E-state index in [1.54, 1.807) is 43.3 Å². The number of anilines is 1. The molecule has 0 saturated carbocycles. The predicted molar refractivity (Wildman–Crippen MR) is 162 cm³/mol. The smallest absolute Gasteiger partial charge is 0.264 e. The summed E-state index contributed by atoms with van der Waals surface area (Å²) in [5, 5.41) is 3.85. The Kier molecular flexibility index (Phi) is 10.5. The van der Waals surface area contributed by atoms with E-state index in [4.69, 9.17) is 34.8 Å². The molecule has 3 aromatic carbocycles. The fourth-order valence-corrected chi connectivity index (χ4v) is 5.82. The number of amides is 2. The standard InChI is InChI=1S/C29H32Cl3N3O4S/c1-18(2)33-29(37)21(5)34(16-22-7-13-26(31)27(32)15-22)28(36)17-35(24-10-6-19(3)20(4)14-24)40(38,39)25-11-8-23(30)9-12-25/h6-15,18,21H,16-17H2,1-5H3,(H,33,37)/t21-/m1/s1. The zero-order valence-corrected chi connectivity index (χ0v) is 26.0. The molecule has 0 radical (unpaired) electrons. The Morgan fingerprint density at radius 3 is 2.08 bits per heavy atom. The van der Waals surface area contributed by atoms with Crippen LogP contribution in [0.15, 0.2) is 65.6 Å². The largest absolute Gasteiger partial charge is 0.352 e. The molecule has 214 valence electrons. The second-order valence-electron chi connectivity index (χ2n) is 9.84. The number of hydrogen-bond acceptors (Lipinski definition) is 4. The van der Waals surface area contributed by atoms with Gasteiger partial charge in [0.15, 0.2) is 0 Å². The highest BCUT2D eigenvalue weighted by Crippen LogP contribution is 2.28. The number of hydrogen-bond donors (Lipinski definition) is 1. The fraction of sp³-hybridized carbons (Fsp3) is 0.310. The first kappa shape index (κ1) is 31.7. The Morgan fingerprint density at radius 1 is 0.850 bits per heavy atom. The number of carbonyl (C=O) groups is 2. The molecule has 0 unspecified atom stereocenters. The molecular formula is C29H32Cl3N3O4S. The summed E-state index contributed by atoms with van der Waals surface area (Å²) in [4.78, 5) is 28.3. The lowest BCUT2D eigenvalue weighted by Crippen LogP contribution is -2.52. The average molecular weight is 625 g/mol. The molecule has 0 aliphatic rings. The van der Waals surface area contributed by atoms with E-state index in [-0.39, 0.29) is 23.4 Å². The molecule has 0 heterocycles. The third kappa shape index (κ3) is 7.69. The van der Waals surface area contributed by atoms with Crippen LogP contribution >= 0.6 is 34.8 Å². The molecular weight excluding hydrogens is 593 g/mol. The van der Waals surface area contributed by atoms with Gasteiger partial charge in [-0.25, -0.2) is 8.42 Å². The van der Waals surface area contributed by atoms with Gasteiger partial charge in [-0.2, -0.15) is 0 Å². The van der Waals surface area contributed by atoms with Crippen LogP contribution in [0, 0.1) is 13.8 Å². The number of halogens is 3. The summed E-state index contributed by atoms with van der Waals surface area (Å²) in [6.07, 6.45) is 0. The maximum atomic E-state index is 14.0. The first-order valence-corrected chi connectivity index (χ1v) is 15.2. The van der Waals surface area contributed by atoms with Crippen molar-refractivity contribution in [3.63, 3.8) is 0 Å². The number of sulfonamides is 1. The van der Waals surface area contributed by atoms with Gasteiger partial charge in [0, 0.05) is 17.6 Å². The van der Waals surface area contributed by atoms with Crippen LogP contribution in [0.3, 0.4) is 0 Å². The van der Waals surface area contributed by atoms with E-state index in [1.807, 2.05) is 27.7 Å². The molecule has 7 nitrogen and oxygen atoms in total. The molecule has 2 amide bonds. The Bertz CT molecular complexity index is 1490. The van der Waals surface area contributed by atoms with Gasteiger partial charge in [0.1, 0.15) is 12.6 Å². The number of nitrogens with one attached hydrogen (secondary N) is 1. The van der Waals surface area contributed by atoms with Gasteiger partial charge in [-0.3, -0.25) is 13.9 Å². The van der Waals surface area contributed by atoms with Crippen LogP contribution in [0.1, 0.15) is 37.5 Å². The highest BCUT2D eigenvalue weighted by molar-refractivity contribution is 7.92. The van der Waals surface area contributed by atoms with Crippen molar-refractivity contribution in [1.29, 1.82) is 0 Å². The summed E-state index contributed by atoms with van der Waals surface area (Å²) in [5.74, 6) is -0.949. The van der Waals surface area contributed by atoms with E-state index < -0.39 is 28.5 Å². The monoisotopic (exact) mass is 623 g/mol. The van der Waals surface area contributed by atoms with Crippen LogP contribution in [0.25, 0.3) is 0 Å². The molecule has 0 aliphatic heterocycles. The van der Waals surface area contributed by atoms with Crippen molar-refractivity contribution in [1.82, 2.24) is 10.2 Å². The minimum atomic E-state index is -4.19. The Hall–Kier alpha value is -2.78. The van der Waals surface area contributed by atoms with Gasteiger partial charge in [-0.05, 0) is 99.8 Å². The van der Waals surface area contributed by atoms with Crippen molar-refractivity contribution in [2.45, 2.75) is 58.1 Å². The maximum absolute atomic E-state index is 14.0. The van der Waals surface area contributed by atoms with Crippen LogP contribution < -0.4 is 9.62 Å². The third-order valence-corrected chi connectivity index (χ3v) is 9.17. The highest BCUT2D eigenvalue weighted by Gasteiger charge is 2.33. The molecule has 0 aliphatic carbocycles. The lowest BCUT2D eigenvalue weighted by molar-refractivity contribution is -0.139. The van der Waals surface area contributed by atoms with Gasteiger partial charge < -0.3 is 10.2 Å². The minimum absolute atomic E-state index is 0.00413. The van der Waals surface area contributed by atoms with E-state index in [0.717, 1.165) is 15.4 Å². The summed E-state index contributed by atoms with van der Waals surface area (Å²) >= 11 is 18.3. The average Bonchev–Trinajstić information content (AvgIpc) is 2.88. The van der Waals surface area contributed by atoms with Crippen molar-refractivity contribution in [3.8, 4) is 0 Å². The van der Waals surface area contributed by atoms with E-state index in [2.05, 4.69) is 5.32 Å². The first-order chi connectivity index (χ1) is 18.7. The first-order valence-electron chi connectivity index (χ1n) is 12.6. The van der Waals surface area contributed by atoms with Crippen LogP contribution in [0.2, 0.25) is 15.1 Å². The summed E-state index contributed by atoms with van der Waals surface area (Å²) in [6, 6.07) is 14.8. The van der Waals surface area contributed by atoms with E-state index in [1.165, 1.54) is 29.2 Å². The summed E-state index contributed by atoms with van der Waals surface area (Å²) in [5.41, 5.74) is 2.78. The van der Waals surface area contributed by atoms with E-state index in [9.17, 15) is 18.0 Å². The van der Waals surface area contributed by atoms with Gasteiger partial charge in [-0.15, -0.1) is 0 Å². The van der Waals surface area contributed by atoms with Crippen LogP contribution in [0.4, 0.5) is 5.69 Å². The van der Waals surface area contributed by atoms with Crippen molar-refractivity contribution >= 4 is 62.3 Å². The lowest BCUT2D eigenvalue weighted by atomic mass is 10.1. The van der Waals surface area contributed by atoms with Gasteiger partial charge >= 0.3 is 0 Å². The quantitative estimate of drug-likeness (QED) is 0.283. The zero-order valence-electron chi connectivity index (χ0n) is 22.9. The van der Waals surface area contributed by atoms with Gasteiger partial charge in [0.2, 0.25) is 11.8 Å². The van der Waals surface area contributed by atoms with Crippen LogP contribution in [-0.2, 0) is 26.2 Å². The second-order valence-corrected chi connectivity index (χ2v) is 13.0. The molecule has 1 N–H and O–H groups in total. The van der Waals surface area contributed by atoms with Crippen molar-refractivity contribution < 1.29 is 18.0 Å². The van der Waals surface area contributed by atoms with Crippen LogP contribution in [-0.4, -0.2) is 43.8 Å². The SMILES string of the molecule is Cc1ccc(N(CC(=O)N(Cc2ccc(Cl)c(Cl)c2)[C@H](C)C(=O)NC(C)C)S(=O)(=O)c2ccc(Cl)cc2)cc1C. The number of benzene rings is 3. The Balaban J connectivity index is 2.07. The Labute approximate surface area is 251 Å². The van der Waals surface area contributed by atoms with Crippen molar-refractivity contribution in [2.24, 2.45) is 0 Å². The number of nitrogens with zero attached hydrogens (tertiary/aromatic N) is 2. The van der Waals surface area contributed by atoms with Gasteiger partial charge in [-0.1, -0.05) is 46.9 Å². The van der Waals surface area contributed by atoms with Gasteiger partial charge in [0.05, 0.1) is 20.6 Å². The number of aryl methyl sites for hydroxylation is 2. The molecule has 3 aromatic rings. The molecule has 11 heteroatoms.